The van der Waals surface area contributed by atoms with Crippen LogP contribution in [-0.2, 0) is 0 Å². The van der Waals surface area contributed by atoms with Crippen molar-refractivity contribution in [1.82, 2.24) is 10.2 Å². The number of nitrogens with zero attached hydrogens (tertiary/aromatic N) is 3. The summed E-state index contributed by atoms with van der Waals surface area (Å²) in [7, 11) is 0. The third-order valence-corrected chi connectivity index (χ3v) is 4.17. The number of piperidine rings is 1. The van der Waals surface area contributed by atoms with Crippen molar-refractivity contribution in [2.45, 2.75) is 19.8 Å². The SMILES string of the molecule is CC1CCN(c2ccc(C(=O)Nc3ccc(F)c(F)c3)nn2)CC1. The Morgan fingerprint density at radius 2 is 1.88 bits per heavy atom. The Labute approximate surface area is 138 Å². The van der Waals surface area contributed by atoms with Crippen LogP contribution in [-0.4, -0.2) is 29.2 Å². The number of anilines is 2. The minimum absolute atomic E-state index is 0.119. The Morgan fingerprint density at radius 1 is 1.12 bits per heavy atom. The van der Waals surface area contributed by atoms with Crippen LogP contribution >= 0.6 is 0 Å². The van der Waals surface area contributed by atoms with Gasteiger partial charge in [0.1, 0.15) is 0 Å². The second-order valence-electron chi connectivity index (χ2n) is 6.03. The number of carbonyl (C=O) groups excluding carboxylic acids is 1. The molecule has 2 aromatic rings. The number of carbonyl (C=O) groups is 1. The van der Waals surface area contributed by atoms with Crippen molar-refractivity contribution >= 4 is 17.4 Å². The lowest BCUT2D eigenvalue weighted by Crippen LogP contribution is -2.33. The number of hydrogen-bond acceptors (Lipinski definition) is 4. The maximum Gasteiger partial charge on any atom is 0.276 e. The van der Waals surface area contributed by atoms with Crippen LogP contribution in [0, 0.1) is 17.6 Å². The van der Waals surface area contributed by atoms with Crippen LogP contribution in [0.4, 0.5) is 20.3 Å². The fourth-order valence-electron chi connectivity index (χ4n) is 2.62. The van der Waals surface area contributed by atoms with E-state index in [4.69, 9.17) is 0 Å². The van der Waals surface area contributed by atoms with Gasteiger partial charge < -0.3 is 10.2 Å². The van der Waals surface area contributed by atoms with E-state index in [-0.39, 0.29) is 11.4 Å². The lowest BCUT2D eigenvalue weighted by molar-refractivity contribution is 0.102. The summed E-state index contributed by atoms with van der Waals surface area (Å²) in [5.41, 5.74) is 0.281. The van der Waals surface area contributed by atoms with E-state index < -0.39 is 17.5 Å². The molecule has 0 aliphatic carbocycles. The van der Waals surface area contributed by atoms with Crippen molar-refractivity contribution in [2.75, 3.05) is 23.3 Å². The molecule has 1 saturated heterocycles. The summed E-state index contributed by atoms with van der Waals surface area (Å²) in [5.74, 6) is -1.05. The van der Waals surface area contributed by atoms with Crippen LogP contribution < -0.4 is 10.2 Å². The quantitative estimate of drug-likeness (QED) is 0.937. The molecule has 126 valence electrons. The molecule has 2 heterocycles. The van der Waals surface area contributed by atoms with Gasteiger partial charge in [0.05, 0.1) is 0 Å². The molecule has 24 heavy (non-hydrogen) atoms. The summed E-state index contributed by atoms with van der Waals surface area (Å²) in [6.07, 6.45) is 2.22. The summed E-state index contributed by atoms with van der Waals surface area (Å²) in [6, 6.07) is 6.49. The lowest BCUT2D eigenvalue weighted by Gasteiger charge is -2.30. The molecule has 1 aliphatic rings. The molecule has 1 amide bonds. The van der Waals surface area contributed by atoms with E-state index >= 15 is 0 Å². The summed E-state index contributed by atoms with van der Waals surface area (Å²) in [5, 5.41) is 10.5. The second kappa shape index (κ2) is 6.90. The van der Waals surface area contributed by atoms with E-state index in [1.165, 1.54) is 6.07 Å². The van der Waals surface area contributed by atoms with E-state index in [9.17, 15) is 13.6 Å². The Morgan fingerprint density at radius 3 is 2.50 bits per heavy atom. The van der Waals surface area contributed by atoms with Crippen molar-refractivity contribution < 1.29 is 13.6 Å². The molecular formula is C17H18F2N4O. The van der Waals surface area contributed by atoms with Gasteiger partial charge in [-0.05, 0) is 43.0 Å². The molecule has 0 saturated carbocycles. The zero-order chi connectivity index (χ0) is 17.1. The molecule has 5 nitrogen and oxygen atoms in total. The fourth-order valence-corrected chi connectivity index (χ4v) is 2.62. The number of rotatable bonds is 3. The third kappa shape index (κ3) is 3.67. The minimum atomic E-state index is -1.02. The number of halogens is 2. The molecule has 1 aromatic carbocycles. The van der Waals surface area contributed by atoms with Gasteiger partial charge in [-0.3, -0.25) is 4.79 Å². The number of hydrogen-bond donors (Lipinski definition) is 1. The minimum Gasteiger partial charge on any atom is -0.355 e. The molecule has 1 aromatic heterocycles. The van der Waals surface area contributed by atoms with E-state index in [0.717, 1.165) is 49.8 Å². The highest BCUT2D eigenvalue weighted by Gasteiger charge is 2.18. The summed E-state index contributed by atoms with van der Waals surface area (Å²) >= 11 is 0. The van der Waals surface area contributed by atoms with Crippen LogP contribution in [0.1, 0.15) is 30.3 Å². The average Bonchev–Trinajstić information content (AvgIpc) is 2.59. The van der Waals surface area contributed by atoms with E-state index in [0.29, 0.717) is 0 Å². The van der Waals surface area contributed by atoms with Crippen LogP contribution in [0.5, 0.6) is 0 Å². The predicted octanol–water partition coefficient (Wildman–Crippen LogP) is 3.24. The largest absolute Gasteiger partial charge is 0.355 e. The van der Waals surface area contributed by atoms with Crippen molar-refractivity contribution in [2.24, 2.45) is 5.92 Å². The summed E-state index contributed by atoms with van der Waals surface area (Å²) < 4.78 is 26.0. The molecule has 1 N–H and O–H groups in total. The van der Waals surface area contributed by atoms with Gasteiger partial charge in [0.2, 0.25) is 0 Å². The Balaban J connectivity index is 1.66. The van der Waals surface area contributed by atoms with Crippen LogP contribution in [0.2, 0.25) is 0 Å². The normalized spacial score (nSPS) is 15.4. The van der Waals surface area contributed by atoms with Crippen LogP contribution in [0.15, 0.2) is 30.3 Å². The molecule has 0 spiro atoms. The molecule has 0 radical (unpaired) electrons. The maximum absolute atomic E-state index is 13.2. The Bertz CT molecular complexity index is 728. The average molecular weight is 332 g/mol. The highest BCUT2D eigenvalue weighted by molar-refractivity contribution is 6.02. The smallest absolute Gasteiger partial charge is 0.276 e. The van der Waals surface area contributed by atoms with Gasteiger partial charge in [-0.2, -0.15) is 0 Å². The van der Waals surface area contributed by atoms with Crippen molar-refractivity contribution in [3.63, 3.8) is 0 Å². The van der Waals surface area contributed by atoms with E-state index in [2.05, 4.69) is 27.3 Å². The molecule has 0 unspecified atom stereocenters. The van der Waals surface area contributed by atoms with Crippen LogP contribution in [0.3, 0.4) is 0 Å². The molecule has 0 bridgehead atoms. The number of aromatic nitrogens is 2. The second-order valence-corrected chi connectivity index (χ2v) is 6.03. The lowest BCUT2D eigenvalue weighted by atomic mass is 9.99. The van der Waals surface area contributed by atoms with Gasteiger partial charge in [0.15, 0.2) is 23.1 Å². The topological polar surface area (TPSA) is 58.1 Å². The number of benzene rings is 1. The van der Waals surface area contributed by atoms with Gasteiger partial charge in [-0.25, -0.2) is 8.78 Å². The number of amides is 1. The van der Waals surface area contributed by atoms with Gasteiger partial charge in [0, 0.05) is 24.8 Å². The van der Waals surface area contributed by atoms with Crippen LogP contribution in [0.25, 0.3) is 0 Å². The fraction of sp³-hybridized carbons (Fsp3) is 0.353. The monoisotopic (exact) mass is 332 g/mol. The van der Waals surface area contributed by atoms with Gasteiger partial charge in [0.25, 0.3) is 5.91 Å². The highest BCUT2D eigenvalue weighted by Crippen LogP contribution is 2.21. The zero-order valence-corrected chi connectivity index (χ0v) is 13.3. The first-order chi connectivity index (χ1) is 11.5. The zero-order valence-electron chi connectivity index (χ0n) is 13.3. The standard InChI is InChI=1S/C17H18F2N4O/c1-11-6-8-23(9-7-11)16-5-4-15(21-22-16)17(24)20-12-2-3-13(18)14(19)10-12/h2-5,10-11H,6-9H2,1H3,(H,20,24). The highest BCUT2D eigenvalue weighted by atomic mass is 19.2. The van der Waals surface area contributed by atoms with Crippen molar-refractivity contribution in [1.29, 1.82) is 0 Å². The molecular weight excluding hydrogens is 314 g/mol. The third-order valence-electron chi connectivity index (χ3n) is 4.17. The van der Waals surface area contributed by atoms with Crippen molar-refractivity contribution in [3.05, 3.63) is 47.7 Å². The predicted molar refractivity (Wildman–Crippen MR) is 87.0 cm³/mol. The molecule has 1 aliphatic heterocycles. The first-order valence-electron chi connectivity index (χ1n) is 7.88. The van der Waals surface area contributed by atoms with E-state index in [1.54, 1.807) is 12.1 Å². The molecule has 3 rings (SSSR count). The maximum atomic E-state index is 13.2. The van der Waals surface area contributed by atoms with E-state index in [1.807, 2.05) is 0 Å². The van der Waals surface area contributed by atoms with Gasteiger partial charge in [-0.15, -0.1) is 10.2 Å². The molecule has 1 fully saturated rings. The summed E-state index contributed by atoms with van der Waals surface area (Å²) in [4.78, 5) is 14.2. The first kappa shape index (κ1) is 16.3. The number of nitrogens with one attached hydrogen (secondary N) is 1. The summed E-state index contributed by atoms with van der Waals surface area (Å²) in [6.45, 7) is 4.08. The van der Waals surface area contributed by atoms with Crippen molar-refractivity contribution in [3.8, 4) is 0 Å². The Kier molecular flexibility index (Phi) is 4.69. The van der Waals surface area contributed by atoms with Gasteiger partial charge in [-0.1, -0.05) is 6.92 Å². The Hall–Kier alpha value is -2.57. The molecule has 7 heteroatoms. The first-order valence-corrected chi connectivity index (χ1v) is 7.88. The molecule has 0 atom stereocenters. The van der Waals surface area contributed by atoms with Gasteiger partial charge >= 0.3 is 0 Å².